The fraction of sp³-hybridized carbons (Fsp3) is 0.214. The van der Waals surface area contributed by atoms with E-state index in [1.807, 2.05) is 12.1 Å². The lowest BCUT2D eigenvalue weighted by atomic mass is 10.1. The number of benzene rings is 1. The predicted molar refractivity (Wildman–Crippen MR) is 155 cm³/mol. The van der Waals surface area contributed by atoms with Crippen molar-refractivity contribution in [2.24, 2.45) is 0 Å². The summed E-state index contributed by atoms with van der Waals surface area (Å²) in [6.07, 6.45) is 5.78. The van der Waals surface area contributed by atoms with Crippen LogP contribution in [0, 0.1) is 5.82 Å². The molecule has 1 aromatic carbocycles. The van der Waals surface area contributed by atoms with Gasteiger partial charge in [0.1, 0.15) is 40.5 Å². The van der Waals surface area contributed by atoms with E-state index in [0.29, 0.717) is 60.3 Å². The first-order valence-corrected chi connectivity index (χ1v) is 13.3. The molecular formula is C28H25ClFN9O3. The van der Waals surface area contributed by atoms with Gasteiger partial charge in [-0.3, -0.25) is 4.79 Å². The second-order valence-corrected chi connectivity index (χ2v) is 9.82. The molecule has 42 heavy (non-hydrogen) atoms. The number of hydrogen-bond acceptors (Lipinski definition) is 10. The molecule has 14 heteroatoms. The normalized spacial score (nSPS) is 15.3. The number of nitrogens with one attached hydrogen (secondary N) is 1. The first-order valence-electron chi connectivity index (χ1n) is 13.0. The summed E-state index contributed by atoms with van der Waals surface area (Å²) in [5, 5.41) is 6.84. The van der Waals surface area contributed by atoms with E-state index < -0.39 is 5.82 Å². The third-order valence-corrected chi connectivity index (χ3v) is 7.22. The molecule has 1 aliphatic heterocycles. The monoisotopic (exact) mass is 589 g/mol. The molecule has 5 aromatic rings. The van der Waals surface area contributed by atoms with Crippen molar-refractivity contribution in [2.45, 2.75) is 6.04 Å². The molecule has 4 aromatic heterocycles. The predicted octanol–water partition coefficient (Wildman–Crippen LogP) is 4.25. The van der Waals surface area contributed by atoms with Crippen molar-refractivity contribution in [3.8, 4) is 11.5 Å². The molecule has 5 heterocycles. The average molecular weight is 590 g/mol. The quantitative estimate of drug-likeness (QED) is 0.263. The number of methoxy groups -OCH3 is 1. The molecule has 0 spiro atoms. The summed E-state index contributed by atoms with van der Waals surface area (Å²) in [4.78, 5) is 33.7. The Hall–Kier alpha value is -4.88. The Bertz CT molecular complexity index is 1800. The Morgan fingerprint density at radius 3 is 2.90 bits per heavy atom. The number of nitrogens with zero attached hydrogens (tertiary/aromatic N) is 8. The molecule has 1 N–H and O–H groups in total. The highest BCUT2D eigenvalue weighted by atomic mass is 35.5. The van der Waals surface area contributed by atoms with Crippen LogP contribution in [0.5, 0.6) is 11.5 Å². The van der Waals surface area contributed by atoms with Crippen LogP contribution in [0.4, 0.5) is 21.7 Å². The van der Waals surface area contributed by atoms with Crippen LogP contribution >= 0.6 is 11.6 Å². The van der Waals surface area contributed by atoms with Crippen molar-refractivity contribution in [1.82, 2.24) is 34.4 Å². The number of anilines is 3. The number of rotatable bonds is 8. The first kappa shape index (κ1) is 27.3. The zero-order valence-corrected chi connectivity index (χ0v) is 23.2. The van der Waals surface area contributed by atoms with Crippen LogP contribution in [0.1, 0.15) is 0 Å². The van der Waals surface area contributed by atoms with E-state index in [4.69, 9.17) is 26.1 Å². The zero-order chi connectivity index (χ0) is 29.2. The van der Waals surface area contributed by atoms with E-state index in [1.165, 1.54) is 24.8 Å². The number of aromatic nitrogens is 6. The Labute approximate surface area is 244 Å². The van der Waals surface area contributed by atoms with Crippen LogP contribution in [-0.2, 0) is 9.53 Å². The van der Waals surface area contributed by atoms with E-state index in [9.17, 15) is 4.79 Å². The lowest BCUT2D eigenvalue weighted by molar-refractivity contribution is -0.129. The van der Waals surface area contributed by atoms with Gasteiger partial charge in [0.2, 0.25) is 5.91 Å². The van der Waals surface area contributed by atoms with Gasteiger partial charge in [-0.25, -0.2) is 28.8 Å². The molecule has 0 unspecified atom stereocenters. The van der Waals surface area contributed by atoms with Crippen molar-refractivity contribution in [2.75, 3.05) is 43.6 Å². The van der Waals surface area contributed by atoms with Gasteiger partial charge < -0.3 is 24.6 Å². The summed E-state index contributed by atoms with van der Waals surface area (Å²) >= 11 is 6.37. The minimum Gasteiger partial charge on any atom is -0.455 e. The zero-order valence-electron chi connectivity index (χ0n) is 22.4. The average Bonchev–Trinajstić information content (AvgIpc) is 3.48. The van der Waals surface area contributed by atoms with Gasteiger partial charge in [-0.1, -0.05) is 18.2 Å². The van der Waals surface area contributed by atoms with E-state index in [0.717, 1.165) is 0 Å². The SMILES string of the molecule is C=CC(=O)N1CCN(c2ccc3ncnc(Nc4ccc(Oc5ccn6ncnc6c5)c(Cl)c4F)c3n2)C[C@H]1COC. The molecule has 0 saturated carbocycles. The smallest absolute Gasteiger partial charge is 0.246 e. The number of carbonyl (C=O) groups is 1. The third-order valence-electron chi connectivity index (χ3n) is 6.87. The second kappa shape index (κ2) is 11.5. The topological polar surface area (TPSA) is 123 Å². The minimum atomic E-state index is -0.717. The highest BCUT2D eigenvalue weighted by Crippen LogP contribution is 2.36. The van der Waals surface area contributed by atoms with Crippen LogP contribution in [0.2, 0.25) is 5.02 Å². The maximum Gasteiger partial charge on any atom is 0.246 e. The number of halogens is 2. The van der Waals surface area contributed by atoms with Gasteiger partial charge in [0, 0.05) is 39.0 Å². The summed E-state index contributed by atoms with van der Waals surface area (Å²) in [6.45, 7) is 5.53. The summed E-state index contributed by atoms with van der Waals surface area (Å²) in [5.41, 5.74) is 1.68. The summed E-state index contributed by atoms with van der Waals surface area (Å²) in [6, 6.07) is 9.91. The van der Waals surface area contributed by atoms with Crippen LogP contribution in [0.15, 0.2) is 67.9 Å². The number of hydrogen-bond donors (Lipinski definition) is 1. The van der Waals surface area contributed by atoms with E-state index >= 15 is 4.39 Å². The molecule has 1 fully saturated rings. The molecule has 1 aliphatic rings. The fourth-order valence-corrected chi connectivity index (χ4v) is 5.03. The number of pyridine rings is 2. The number of piperazine rings is 1. The van der Waals surface area contributed by atoms with Gasteiger partial charge >= 0.3 is 0 Å². The Morgan fingerprint density at radius 2 is 2.07 bits per heavy atom. The van der Waals surface area contributed by atoms with Gasteiger partial charge in [0.25, 0.3) is 0 Å². The Balaban J connectivity index is 1.25. The standard InChI is InChI=1S/C28H25ClFN9O3/c1-3-24(40)38-11-10-37(13-17(38)14-41-2)22-7-5-20-27(36-22)28(33-15-31-20)35-19-4-6-21(25(29)26(19)30)42-18-8-9-39-23(12-18)32-16-34-39/h3-9,12,15-17H,1,10-11,13-14H2,2H3,(H,31,33,35)/t17-/m0/s1. The number of ether oxygens (including phenoxy) is 2. The van der Waals surface area contributed by atoms with Gasteiger partial charge in [0.05, 0.1) is 23.9 Å². The molecule has 214 valence electrons. The van der Waals surface area contributed by atoms with Gasteiger partial charge in [-0.2, -0.15) is 5.10 Å². The number of carbonyl (C=O) groups excluding carboxylic acids is 1. The molecule has 0 radical (unpaired) electrons. The molecule has 6 rings (SSSR count). The van der Waals surface area contributed by atoms with Crippen LogP contribution < -0.4 is 15.0 Å². The van der Waals surface area contributed by atoms with E-state index in [2.05, 4.69) is 36.8 Å². The van der Waals surface area contributed by atoms with Gasteiger partial charge in [0.15, 0.2) is 17.3 Å². The van der Waals surface area contributed by atoms with Gasteiger partial charge in [-0.15, -0.1) is 0 Å². The molecule has 1 atom stereocenters. The lowest BCUT2D eigenvalue weighted by Gasteiger charge is -2.41. The maximum atomic E-state index is 15.4. The van der Waals surface area contributed by atoms with E-state index in [-0.39, 0.29) is 28.4 Å². The first-order chi connectivity index (χ1) is 20.4. The Kier molecular flexibility index (Phi) is 7.50. The fourth-order valence-electron chi connectivity index (χ4n) is 4.82. The number of amides is 1. The van der Waals surface area contributed by atoms with E-state index in [1.54, 1.807) is 40.9 Å². The maximum absolute atomic E-state index is 15.4. The lowest BCUT2D eigenvalue weighted by Crippen LogP contribution is -2.56. The second-order valence-electron chi connectivity index (χ2n) is 9.44. The highest BCUT2D eigenvalue weighted by Gasteiger charge is 2.30. The Morgan fingerprint density at radius 1 is 1.19 bits per heavy atom. The summed E-state index contributed by atoms with van der Waals surface area (Å²) < 4.78 is 28.2. The molecule has 0 aliphatic carbocycles. The minimum absolute atomic E-state index is 0.0872. The summed E-state index contributed by atoms with van der Waals surface area (Å²) in [5.74, 6) is 0.674. The van der Waals surface area contributed by atoms with Crippen molar-refractivity contribution < 1.29 is 18.7 Å². The van der Waals surface area contributed by atoms with Crippen LogP contribution in [0.25, 0.3) is 16.7 Å². The van der Waals surface area contributed by atoms with Crippen LogP contribution in [-0.4, -0.2) is 79.7 Å². The largest absolute Gasteiger partial charge is 0.455 e. The number of fused-ring (bicyclic) bond motifs is 2. The molecular weight excluding hydrogens is 565 g/mol. The molecule has 12 nitrogen and oxygen atoms in total. The van der Waals surface area contributed by atoms with Crippen molar-refractivity contribution >= 4 is 51.5 Å². The molecule has 0 bridgehead atoms. The van der Waals surface area contributed by atoms with Gasteiger partial charge in [-0.05, 0) is 36.4 Å². The van der Waals surface area contributed by atoms with Crippen LogP contribution in [0.3, 0.4) is 0 Å². The summed E-state index contributed by atoms with van der Waals surface area (Å²) in [7, 11) is 1.60. The molecule has 1 amide bonds. The molecule has 1 saturated heterocycles. The van der Waals surface area contributed by atoms with Crippen molar-refractivity contribution in [3.05, 3.63) is 78.7 Å². The van der Waals surface area contributed by atoms with Crippen molar-refractivity contribution in [1.29, 1.82) is 0 Å². The highest BCUT2D eigenvalue weighted by molar-refractivity contribution is 6.32. The third kappa shape index (κ3) is 5.27. The van der Waals surface area contributed by atoms with Crippen molar-refractivity contribution in [3.63, 3.8) is 0 Å².